The third-order valence-corrected chi connectivity index (χ3v) is 2.10. The molecule has 0 unspecified atom stereocenters. The molecular weight excluding hydrogens is 222 g/mol. The van der Waals surface area contributed by atoms with Crippen molar-refractivity contribution in [2.45, 2.75) is 0 Å². The molecule has 0 atom stereocenters. The maximum atomic E-state index is 10.9. The highest BCUT2D eigenvalue weighted by atomic mass is 16.6. The molecule has 2 heterocycles. The second-order valence-electron chi connectivity index (χ2n) is 3.15. The molecule has 0 saturated carbocycles. The summed E-state index contributed by atoms with van der Waals surface area (Å²) in [4.78, 5) is 22.3. The maximum absolute atomic E-state index is 10.9. The number of nitro groups is 1. The molecule has 2 rings (SSSR count). The monoisotopic (exact) mass is 231 g/mol. The maximum Gasteiger partial charge on any atom is 0.315 e. The van der Waals surface area contributed by atoms with Crippen molar-refractivity contribution in [2.24, 2.45) is 0 Å². The van der Waals surface area contributed by atoms with Crippen molar-refractivity contribution in [1.29, 1.82) is 0 Å². The Morgan fingerprint density at radius 3 is 2.76 bits per heavy atom. The summed E-state index contributed by atoms with van der Waals surface area (Å²) in [6.07, 6.45) is 2.73. The lowest BCUT2D eigenvalue weighted by molar-refractivity contribution is -0.384. The third kappa shape index (κ3) is 2.17. The standard InChI is InChI=1S/C10H9N5O2/c1-11-10-13-6-8(15(16)17)9(14-10)7-4-2-3-5-12-7/h2-6H,1H3,(H,11,13,14). The highest BCUT2D eigenvalue weighted by Crippen LogP contribution is 2.25. The fourth-order valence-electron chi connectivity index (χ4n) is 1.32. The molecule has 2 aromatic heterocycles. The van der Waals surface area contributed by atoms with Gasteiger partial charge in [0.2, 0.25) is 5.95 Å². The molecule has 0 spiro atoms. The second kappa shape index (κ2) is 4.52. The van der Waals surface area contributed by atoms with Gasteiger partial charge in [-0.15, -0.1) is 0 Å². The zero-order valence-corrected chi connectivity index (χ0v) is 8.99. The van der Waals surface area contributed by atoms with Gasteiger partial charge in [0.1, 0.15) is 6.20 Å². The molecule has 0 saturated heterocycles. The summed E-state index contributed by atoms with van der Waals surface area (Å²) in [5.41, 5.74) is 0.482. The van der Waals surface area contributed by atoms with Crippen molar-refractivity contribution in [1.82, 2.24) is 15.0 Å². The number of nitrogens with one attached hydrogen (secondary N) is 1. The van der Waals surface area contributed by atoms with E-state index in [1.807, 2.05) is 0 Å². The van der Waals surface area contributed by atoms with Crippen LogP contribution in [0.1, 0.15) is 0 Å². The SMILES string of the molecule is CNc1ncc([N+](=O)[O-])c(-c2ccccn2)n1. The molecule has 0 aliphatic carbocycles. The van der Waals surface area contributed by atoms with E-state index in [4.69, 9.17) is 0 Å². The minimum absolute atomic E-state index is 0.164. The number of anilines is 1. The zero-order chi connectivity index (χ0) is 12.3. The van der Waals surface area contributed by atoms with Gasteiger partial charge in [0.05, 0.1) is 10.6 Å². The van der Waals surface area contributed by atoms with E-state index < -0.39 is 4.92 Å². The number of hydrogen-bond donors (Lipinski definition) is 1. The molecule has 0 amide bonds. The average molecular weight is 231 g/mol. The van der Waals surface area contributed by atoms with Gasteiger partial charge in [-0.25, -0.2) is 9.97 Å². The molecule has 17 heavy (non-hydrogen) atoms. The Hall–Kier alpha value is -2.57. The van der Waals surface area contributed by atoms with Gasteiger partial charge in [0.25, 0.3) is 0 Å². The van der Waals surface area contributed by atoms with E-state index in [9.17, 15) is 10.1 Å². The van der Waals surface area contributed by atoms with Gasteiger partial charge in [-0.05, 0) is 12.1 Å². The summed E-state index contributed by atoms with van der Waals surface area (Å²) in [5, 5.41) is 13.6. The first-order valence-electron chi connectivity index (χ1n) is 4.83. The van der Waals surface area contributed by atoms with Crippen LogP contribution in [0.3, 0.4) is 0 Å². The van der Waals surface area contributed by atoms with E-state index >= 15 is 0 Å². The van der Waals surface area contributed by atoms with Crippen molar-refractivity contribution in [2.75, 3.05) is 12.4 Å². The van der Waals surface area contributed by atoms with Gasteiger partial charge in [-0.3, -0.25) is 15.1 Å². The Kier molecular flexibility index (Phi) is 2.91. The zero-order valence-electron chi connectivity index (χ0n) is 8.99. The fourth-order valence-corrected chi connectivity index (χ4v) is 1.32. The molecule has 7 heteroatoms. The number of pyridine rings is 1. The first-order valence-corrected chi connectivity index (χ1v) is 4.83. The van der Waals surface area contributed by atoms with Gasteiger partial charge in [-0.1, -0.05) is 6.07 Å². The summed E-state index contributed by atoms with van der Waals surface area (Å²) in [7, 11) is 1.64. The van der Waals surface area contributed by atoms with Crippen LogP contribution in [0, 0.1) is 10.1 Å². The Morgan fingerprint density at radius 1 is 1.35 bits per heavy atom. The highest BCUT2D eigenvalue weighted by molar-refractivity contribution is 5.66. The summed E-state index contributed by atoms with van der Waals surface area (Å²) in [6, 6.07) is 5.14. The number of aromatic nitrogens is 3. The van der Waals surface area contributed by atoms with Gasteiger partial charge in [0.15, 0.2) is 5.69 Å². The molecular formula is C10H9N5O2. The Morgan fingerprint density at radius 2 is 2.18 bits per heavy atom. The van der Waals surface area contributed by atoms with Crippen LogP contribution in [-0.2, 0) is 0 Å². The fraction of sp³-hybridized carbons (Fsp3) is 0.100. The molecule has 0 fully saturated rings. The number of rotatable bonds is 3. The molecule has 86 valence electrons. The van der Waals surface area contributed by atoms with E-state index in [0.29, 0.717) is 11.6 Å². The van der Waals surface area contributed by atoms with Gasteiger partial charge in [0, 0.05) is 13.2 Å². The minimum Gasteiger partial charge on any atom is -0.357 e. The Bertz CT molecular complexity index is 544. The van der Waals surface area contributed by atoms with E-state index in [0.717, 1.165) is 0 Å². The number of nitrogens with zero attached hydrogens (tertiary/aromatic N) is 4. The van der Waals surface area contributed by atoms with Crippen LogP contribution in [-0.4, -0.2) is 26.9 Å². The highest BCUT2D eigenvalue weighted by Gasteiger charge is 2.19. The van der Waals surface area contributed by atoms with Crippen molar-refractivity contribution in [3.63, 3.8) is 0 Å². The average Bonchev–Trinajstić information content (AvgIpc) is 2.39. The van der Waals surface area contributed by atoms with Crippen LogP contribution < -0.4 is 5.32 Å². The lowest BCUT2D eigenvalue weighted by atomic mass is 10.2. The van der Waals surface area contributed by atoms with E-state index in [1.165, 1.54) is 6.20 Å². The van der Waals surface area contributed by atoms with E-state index in [1.54, 1.807) is 31.4 Å². The molecule has 7 nitrogen and oxygen atoms in total. The van der Waals surface area contributed by atoms with E-state index in [-0.39, 0.29) is 11.4 Å². The minimum atomic E-state index is -0.524. The first-order chi connectivity index (χ1) is 8.22. The third-order valence-electron chi connectivity index (χ3n) is 2.10. The van der Waals surface area contributed by atoms with Crippen LogP contribution in [0.5, 0.6) is 0 Å². The normalized spacial score (nSPS) is 9.94. The second-order valence-corrected chi connectivity index (χ2v) is 3.15. The summed E-state index contributed by atoms with van der Waals surface area (Å²) in [6.45, 7) is 0. The van der Waals surface area contributed by atoms with Gasteiger partial charge < -0.3 is 5.32 Å². The first kappa shape index (κ1) is 10.9. The molecule has 0 aliphatic rings. The summed E-state index contributed by atoms with van der Waals surface area (Å²) >= 11 is 0. The Balaban J connectivity index is 2.61. The van der Waals surface area contributed by atoms with Crippen LogP contribution >= 0.6 is 0 Å². The summed E-state index contributed by atoms with van der Waals surface area (Å²) < 4.78 is 0. The largest absolute Gasteiger partial charge is 0.357 e. The van der Waals surface area contributed by atoms with Crippen LogP contribution in [0.25, 0.3) is 11.4 Å². The van der Waals surface area contributed by atoms with Crippen LogP contribution in [0.15, 0.2) is 30.6 Å². The molecule has 0 bridgehead atoms. The Labute approximate surface area is 96.7 Å². The summed E-state index contributed by atoms with van der Waals surface area (Å²) in [5.74, 6) is 0.316. The smallest absolute Gasteiger partial charge is 0.315 e. The van der Waals surface area contributed by atoms with Crippen molar-refractivity contribution in [3.05, 3.63) is 40.7 Å². The van der Waals surface area contributed by atoms with Crippen molar-refractivity contribution in [3.8, 4) is 11.4 Å². The molecule has 2 aromatic rings. The van der Waals surface area contributed by atoms with Crippen molar-refractivity contribution < 1.29 is 4.92 Å². The molecule has 0 aromatic carbocycles. The lowest BCUT2D eigenvalue weighted by Gasteiger charge is -2.03. The van der Waals surface area contributed by atoms with Crippen LogP contribution in [0.2, 0.25) is 0 Å². The predicted octanol–water partition coefficient (Wildman–Crippen LogP) is 1.49. The lowest BCUT2D eigenvalue weighted by Crippen LogP contribution is -2.02. The number of hydrogen-bond acceptors (Lipinski definition) is 6. The predicted molar refractivity (Wildman–Crippen MR) is 61.5 cm³/mol. The van der Waals surface area contributed by atoms with Crippen LogP contribution in [0.4, 0.5) is 11.6 Å². The molecule has 0 aliphatic heterocycles. The molecule has 0 radical (unpaired) electrons. The topological polar surface area (TPSA) is 93.8 Å². The molecule has 1 N–H and O–H groups in total. The quantitative estimate of drug-likeness (QED) is 0.635. The van der Waals surface area contributed by atoms with Gasteiger partial charge >= 0.3 is 5.69 Å². The van der Waals surface area contributed by atoms with Crippen molar-refractivity contribution >= 4 is 11.6 Å². The van der Waals surface area contributed by atoms with Gasteiger partial charge in [-0.2, -0.15) is 0 Å². The van der Waals surface area contributed by atoms with E-state index in [2.05, 4.69) is 20.3 Å².